The first-order chi connectivity index (χ1) is 12.0. The molecule has 1 atom stereocenters. The molecule has 2 aromatic carbocycles. The molecule has 1 N–H and O–H groups in total. The zero-order valence-electron chi connectivity index (χ0n) is 13.7. The minimum absolute atomic E-state index is 0.111. The second kappa shape index (κ2) is 7.84. The van der Waals surface area contributed by atoms with Crippen LogP contribution in [0.3, 0.4) is 0 Å². The molecule has 25 heavy (non-hydrogen) atoms. The SMILES string of the molecule is Cc1ccccc1NC(=O)[C@@H](C)Sc1nnc(-c2ccccc2Br)o1. The third kappa shape index (κ3) is 4.29. The van der Waals surface area contributed by atoms with Gasteiger partial charge in [-0.3, -0.25) is 4.79 Å². The molecule has 128 valence electrons. The van der Waals surface area contributed by atoms with Crippen LogP contribution in [0, 0.1) is 6.92 Å². The van der Waals surface area contributed by atoms with Gasteiger partial charge in [0, 0.05) is 10.2 Å². The lowest BCUT2D eigenvalue weighted by atomic mass is 10.2. The molecule has 0 spiro atoms. The molecule has 1 aromatic heterocycles. The second-order valence-corrected chi connectivity index (χ2v) is 7.56. The standard InChI is InChI=1S/C18H16BrN3O2S/c1-11-7-3-6-10-15(11)20-16(23)12(2)25-18-22-21-17(24-18)13-8-4-5-9-14(13)19/h3-10,12H,1-2H3,(H,20,23)/t12-/m1/s1. The minimum atomic E-state index is -0.368. The number of hydrogen-bond acceptors (Lipinski definition) is 5. The van der Waals surface area contributed by atoms with Gasteiger partial charge in [-0.15, -0.1) is 10.2 Å². The van der Waals surface area contributed by atoms with E-state index in [1.54, 1.807) is 6.92 Å². The average Bonchev–Trinajstić information content (AvgIpc) is 3.05. The number of para-hydroxylation sites is 1. The number of thioether (sulfide) groups is 1. The molecule has 0 bridgehead atoms. The predicted octanol–water partition coefficient (Wildman–Crippen LogP) is 4.93. The Kier molecular flexibility index (Phi) is 5.55. The number of nitrogens with one attached hydrogen (secondary N) is 1. The van der Waals surface area contributed by atoms with E-state index in [1.807, 2.05) is 55.5 Å². The molecular weight excluding hydrogens is 402 g/mol. The van der Waals surface area contributed by atoms with Crippen LogP contribution in [0.4, 0.5) is 5.69 Å². The van der Waals surface area contributed by atoms with E-state index in [1.165, 1.54) is 11.8 Å². The van der Waals surface area contributed by atoms with Gasteiger partial charge in [0.2, 0.25) is 11.8 Å². The summed E-state index contributed by atoms with van der Waals surface area (Å²) >= 11 is 4.69. The first-order valence-electron chi connectivity index (χ1n) is 7.66. The molecule has 1 amide bonds. The molecular formula is C18H16BrN3O2S. The van der Waals surface area contributed by atoms with Gasteiger partial charge < -0.3 is 9.73 Å². The summed E-state index contributed by atoms with van der Waals surface area (Å²) in [6, 6.07) is 15.3. The van der Waals surface area contributed by atoms with Crippen molar-refractivity contribution in [3.8, 4) is 11.5 Å². The summed E-state index contributed by atoms with van der Waals surface area (Å²) < 4.78 is 6.55. The summed E-state index contributed by atoms with van der Waals surface area (Å²) in [4.78, 5) is 12.4. The maximum atomic E-state index is 12.4. The molecule has 0 saturated carbocycles. The Morgan fingerprint density at radius 1 is 1.16 bits per heavy atom. The Morgan fingerprint density at radius 2 is 1.88 bits per heavy atom. The molecule has 0 aliphatic heterocycles. The summed E-state index contributed by atoms with van der Waals surface area (Å²) in [6.07, 6.45) is 0. The van der Waals surface area contributed by atoms with Crippen LogP contribution in [0.25, 0.3) is 11.5 Å². The molecule has 0 unspecified atom stereocenters. The van der Waals surface area contributed by atoms with E-state index in [-0.39, 0.29) is 11.2 Å². The number of anilines is 1. The van der Waals surface area contributed by atoms with E-state index in [0.717, 1.165) is 21.3 Å². The van der Waals surface area contributed by atoms with Crippen molar-refractivity contribution in [2.24, 2.45) is 0 Å². The van der Waals surface area contributed by atoms with Crippen molar-refractivity contribution < 1.29 is 9.21 Å². The summed E-state index contributed by atoms with van der Waals surface area (Å²) in [5.74, 6) is 0.307. The lowest BCUT2D eigenvalue weighted by Crippen LogP contribution is -2.22. The number of carbonyl (C=O) groups excluding carboxylic acids is 1. The first kappa shape index (κ1) is 17.7. The Morgan fingerprint density at radius 3 is 2.64 bits per heavy atom. The molecule has 0 aliphatic carbocycles. The smallest absolute Gasteiger partial charge is 0.277 e. The molecule has 0 radical (unpaired) electrons. The maximum absolute atomic E-state index is 12.4. The topological polar surface area (TPSA) is 68.0 Å². The molecule has 5 nitrogen and oxygen atoms in total. The Balaban J connectivity index is 1.67. The van der Waals surface area contributed by atoms with Gasteiger partial charge in [-0.05, 0) is 53.5 Å². The third-order valence-electron chi connectivity index (χ3n) is 3.56. The van der Waals surface area contributed by atoms with Gasteiger partial charge in [0.05, 0.1) is 10.8 Å². The van der Waals surface area contributed by atoms with Crippen LogP contribution < -0.4 is 5.32 Å². The van der Waals surface area contributed by atoms with E-state index < -0.39 is 0 Å². The van der Waals surface area contributed by atoms with Crippen LogP contribution in [-0.2, 0) is 4.79 Å². The fraction of sp³-hybridized carbons (Fsp3) is 0.167. The summed E-state index contributed by atoms with van der Waals surface area (Å²) in [5, 5.41) is 11.0. The van der Waals surface area contributed by atoms with Crippen molar-refractivity contribution in [1.29, 1.82) is 0 Å². The van der Waals surface area contributed by atoms with Crippen LogP contribution in [0.2, 0.25) is 0 Å². The molecule has 0 aliphatic rings. The monoisotopic (exact) mass is 417 g/mol. The maximum Gasteiger partial charge on any atom is 0.277 e. The highest BCUT2D eigenvalue weighted by molar-refractivity contribution is 9.10. The summed E-state index contributed by atoms with van der Waals surface area (Å²) in [6.45, 7) is 3.76. The lowest BCUT2D eigenvalue weighted by Gasteiger charge is -2.11. The number of carbonyl (C=O) groups is 1. The fourth-order valence-electron chi connectivity index (χ4n) is 2.15. The van der Waals surface area contributed by atoms with E-state index in [0.29, 0.717) is 11.1 Å². The summed E-state index contributed by atoms with van der Waals surface area (Å²) in [7, 11) is 0. The van der Waals surface area contributed by atoms with Crippen molar-refractivity contribution >= 4 is 39.3 Å². The molecule has 3 rings (SSSR count). The Bertz CT molecular complexity index is 897. The number of aryl methyl sites for hydroxylation is 1. The number of hydrogen-bond donors (Lipinski definition) is 1. The number of rotatable bonds is 5. The number of aromatic nitrogens is 2. The van der Waals surface area contributed by atoms with Crippen molar-refractivity contribution in [2.45, 2.75) is 24.3 Å². The Hall–Kier alpha value is -2.12. The van der Waals surface area contributed by atoms with Gasteiger partial charge in [-0.1, -0.05) is 42.1 Å². The van der Waals surface area contributed by atoms with E-state index in [2.05, 4.69) is 31.4 Å². The highest BCUT2D eigenvalue weighted by Gasteiger charge is 2.19. The van der Waals surface area contributed by atoms with Gasteiger partial charge >= 0.3 is 0 Å². The summed E-state index contributed by atoms with van der Waals surface area (Å²) in [5.41, 5.74) is 2.64. The predicted molar refractivity (Wildman–Crippen MR) is 103 cm³/mol. The van der Waals surface area contributed by atoms with Gasteiger partial charge in [-0.2, -0.15) is 0 Å². The molecule has 0 saturated heterocycles. The molecule has 7 heteroatoms. The van der Waals surface area contributed by atoms with Crippen LogP contribution in [0.5, 0.6) is 0 Å². The van der Waals surface area contributed by atoms with Gasteiger partial charge in [0.25, 0.3) is 5.22 Å². The van der Waals surface area contributed by atoms with Crippen molar-refractivity contribution in [3.05, 3.63) is 58.6 Å². The number of amides is 1. The fourth-order valence-corrected chi connectivity index (χ4v) is 3.29. The zero-order chi connectivity index (χ0) is 17.8. The first-order valence-corrected chi connectivity index (χ1v) is 9.33. The number of benzene rings is 2. The van der Waals surface area contributed by atoms with E-state index in [4.69, 9.17) is 4.42 Å². The van der Waals surface area contributed by atoms with E-state index in [9.17, 15) is 4.79 Å². The van der Waals surface area contributed by atoms with Crippen LogP contribution in [-0.4, -0.2) is 21.4 Å². The van der Waals surface area contributed by atoms with Crippen LogP contribution in [0.1, 0.15) is 12.5 Å². The van der Waals surface area contributed by atoms with Crippen LogP contribution in [0.15, 0.2) is 62.6 Å². The minimum Gasteiger partial charge on any atom is -0.411 e. The zero-order valence-corrected chi connectivity index (χ0v) is 16.1. The second-order valence-electron chi connectivity index (χ2n) is 5.42. The van der Waals surface area contributed by atoms with Gasteiger partial charge in [0.15, 0.2) is 0 Å². The largest absolute Gasteiger partial charge is 0.411 e. The lowest BCUT2D eigenvalue weighted by molar-refractivity contribution is -0.115. The van der Waals surface area contributed by atoms with E-state index >= 15 is 0 Å². The Labute approximate surface area is 158 Å². The van der Waals surface area contributed by atoms with Crippen molar-refractivity contribution in [1.82, 2.24) is 10.2 Å². The number of nitrogens with zero attached hydrogens (tertiary/aromatic N) is 2. The average molecular weight is 418 g/mol. The normalized spacial score (nSPS) is 12.0. The quantitative estimate of drug-likeness (QED) is 0.596. The molecule has 0 fully saturated rings. The highest BCUT2D eigenvalue weighted by Crippen LogP contribution is 2.30. The third-order valence-corrected chi connectivity index (χ3v) is 5.19. The number of halogens is 1. The highest BCUT2D eigenvalue weighted by atomic mass is 79.9. The van der Waals surface area contributed by atoms with Gasteiger partial charge in [0.1, 0.15) is 0 Å². The van der Waals surface area contributed by atoms with Crippen molar-refractivity contribution in [3.63, 3.8) is 0 Å². The molecule has 3 aromatic rings. The molecule has 1 heterocycles. The van der Waals surface area contributed by atoms with Crippen LogP contribution >= 0.6 is 27.7 Å². The van der Waals surface area contributed by atoms with Gasteiger partial charge in [-0.25, -0.2) is 0 Å². The van der Waals surface area contributed by atoms with Crippen molar-refractivity contribution in [2.75, 3.05) is 5.32 Å².